The van der Waals surface area contributed by atoms with Crippen LogP contribution in [0.1, 0.15) is 5.69 Å². The Bertz CT molecular complexity index is 446. The van der Waals surface area contributed by atoms with Gasteiger partial charge < -0.3 is 10.1 Å². The maximum Gasteiger partial charge on any atom is 0.137 e. The van der Waals surface area contributed by atoms with E-state index >= 15 is 0 Å². The van der Waals surface area contributed by atoms with Gasteiger partial charge in [0.05, 0.1) is 6.26 Å². The molecule has 3 nitrogen and oxygen atoms in total. The molecule has 0 saturated carbocycles. The molecule has 1 aromatic carbocycles. The summed E-state index contributed by atoms with van der Waals surface area (Å²) in [6, 6.07) is 9.94. The second kappa shape index (κ2) is 4.46. The average molecular weight is 200 g/mol. The second-order valence-corrected chi connectivity index (χ2v) is 3.21. The molecule has 0 aliphatic heterocycles. The van der Waals surface area contributed by atoms with Gasteiger partial charge in [0.1, 0.15) is 5.82 Å². The highest BCUT2D eigenvalue weighted by molar-refractivity contribution is 5.54. The lowest BCUT2D eigenvalue weighted by Gasteiger charge is -1.94. The fourth-order valence-corrected chi connectivity index (χ4v) is 1.39. The van der Waals surface area contributed by atoms with Crippen LogP contribution in [-0.4, -0.2) is 15.1 Å². The predicted octanol–water partition coefficient (Wildman–Crippen LogP) is 2.69. The predicted molar refractivity (Wildman–Crippen MR) is 59.5 cm³/mol. The number of nitrogens with zero attached hydrogens (tertiary/aromatic N) is 1. The maximum absolute atomic E-state index is 8.54. The summed E-state index contributed by atoms with van der Waals surface area (Å²) in [5.74, 6) is 0.858. The Hall–Kier alpha value is -2.03. The third-order valence-electron chi connectivity index (χ3n) is 2.12. The Morgan fingerprint density at radius 2 is 2.07 bits per heavy atom. The van der Waals surface area contributed by atoms with Crippen LogP contribution in [0.25, 0.3) is 11.4 Å². The molecule has 2 rings (SSSR count). The zero-order valence-corrected chi connectivity index (χ0v) is 8.22. The first-order valence-electron chi connectivity index (χ1n) is 4.78. The normalized spacial score (nSPS) is 10.9. The van der Waals surface area contributed by atoms with Crippen molar-refractivity contribution in [3.8, 4) is 11.4 Å². The first-order chi connectivity index (χ1) is 7.40. The van der Waals surface area contributed by atoms with E-state index in [4.69, 9.17) is 5.11 Å². The van der Waals surface area contributed by atoms with Crippen LogP contribution in [0.3, 0.4) is 0 Å². The van der Waals surface area contributed by atoms with Crippen LogP contribution < -0.4 is 0 Å². The molecule has 2 N–H and O–H groups in total. The molecular formula is C12H12N2O. The summed E-state index contributed by atoms with van der Waals surface area (Å²) in [5.41, 5.74) is 2.05. The summed E-state index contributed by atoms with van der Waals surface area (Å²) >= 11 is 0. The average Bonchev–Trinajstić information content (AvgIpc) is 2.76. The van der Waals surface area contributed by atoms with Gasteiger partial charge in [-0.25, -0.2) is 4.98 Å². The van der Waals surface area contributed by atoms with Crippen molar-refractivity contribution < 1.29 is 5.11 Å². The highest BCUT2D eigenvalue weighted by Gasteiger charge is 2.00. The molecule has 15 heavy (non-hydrogen) atoms. The van der Waals surface area contributed by atoms with E-state index in [1.165, 1.54) is 0 Å². The quantitative estimate of drug-likeness (QED) is 0.748. The summed E-state index contributed by atoms with van der Waals surface area (Å²) in [4.78, 5) is 7.46. The Labute approximate surface area is 88.1 Å². The molecule has 3 heteroatoms. The smallest absolute Gasteiger partial charge is 0.137 e. The molecule has 0 bridgehead atoms. The Morgan fingerprint density at radius 1 is 1.27 bits per heavy atom. The third kappa shape index (κ3) is 2.26. The van der Waals surface area contributed by atoms with Crippen LogP contribution in [0, 0.1) is 0 Å². The van der Waals surface area contributed by atoms with Crippen molar-refractivity contribution in [2.24, 2.45) is 0 Å². The number of aromatic nitrogens is 2. The van der Waals surface area contributed by atoms with Gasteiger partial charge in [0, 0.05) is 23.9 Å². The minimum atomic E-state index is 0.663. The van der Waals surface area contributed by atoms with E-state index in [2.05, 4.69) is 9.97 Å². The minimum Gasteiger partial charge on any atom is -0.516 e. The third-order valence-corrected chi connectivity index (χ3v) is 2.12. The molecule has 0 saturated heterocycles. The van der Waals surface area contributed by atoms with Crippen molar-refractivity contribution in [3.05, 3.63) is 54.6 Å². The van der Waals surface area contributed by atoms with Gasteiger partial charge in [-0.2, -0.15) is 0 Å². The molecule has 2 aromatic rings. The molecule has 0 radical (unpaired) electrons. The van der Waals surface area contributed by atoms with E-state index in [0.29, 0.717) is 6.42 Å². The lowest BCUT2D eigenvalue weighted by Crippen LogP contribution is -1.82. The number of aliphatic hydroxyl groups is 1. The molecule has 0 atom stereocenters. The lowest BCUT2D eigenvalue weighted by molar-refractivity contribution is 0.471. The molecule has 1 aromatic heterocycles. The molecule has 0 aliphatic carbocycles. The largest absolute Gasteiger partial charge is 0.516 e. The summed E-state index contributed by atoms with van der Waals surface area (Å²) < 4.78 is 0. The fraction of sp³-hybridized carbons (Fsp3) is 0.0833. The highest BCUT2D eigenvalue weighted by atomic mass is 16.2. The molecule has 0 aliphatic rings. The highest BCUT2D eigenvalue weighted by Crippen LogP contribution is 2.14. The summed E-state index contributed by atoms with van der Waals surface area (Å²) in [6.45, 7) is 0. The van der Waals surface area contributed by atoms with Gasteiger partial charge in [-0.3, -0.25) is 0 Å². The molecule has 0 fully saturated rings. The van der Waals surface area contributed by atoms with E-state index < -0.39 is 0 Å². The van der Waals surface area contributed by atoms with E-state index in [1.54, 1.807) is 12.3 Å². The first-order valence-corrected chi connectivity index (χ1v) is 4.78. The number of rotatable bonds is 3. The number of aliphatic hydroxyl groups excluding tert-OH is 1. The standard InChI is InChI=1S/C12H12N2O/c15-8-4-7-11-9-13-12(14-11)10-5-2-1-3-6-10/h1-6,8-9,15H,7H2,(H,13,14). The van der Waals surface area contributed by atoms with Crippen molar-refractivity contribution in [1.29, 1.82) is 0 Å². The van der Waals surface area contributed by atoms with Gasteiger partial charge in [-0.15, -0.1) is 0 Å². The number of H-pyrrole nitrogens is 1. The van der Waals surface area contributed by atoms with E-state index in [9.17, 15) is 0 Å². The Morgan fingerprint density at radius 3 is 2.80 bits per heavy atom. The van der Waals surface area contributed by atoms with Gasteiger partial charge in [-0.05, 0) is 6.08 Å². The number of benzene rings is 1. The van der Waals surface area contributed by atoms with Gasteiger partial charge in [0.2, 0.25) is 0 Å². The fourth-order valence-electron chi connectivity index (χ4n) is 1.39. The molecule has 76 valence electrons. The lowest BCUT2D eigenvalue weighted by atomic mass is 10.2. The number of allylic oxidation sites excluding steroid dienone is 1. The summed E-state index contributed by atoms with van der Waals surface area (Å²) in [7, 11) is 0. The molecule has 0 unspecified atom stereocenters. The van der Waals surface area contributed by atoms with Crippen molar-refractivity contribution >= 4 is 0 Å². The monoisotopic (exact) mass is 200 g/mol. The first kappa shape index (κ1) is 9.52. The van der Waals surface area contributed by atoms with Crippen LogP contribution in [0.2, 0.25) is 0 Å². The number of hydrogen-bond acceptors (Lipinski definition) is 2. The van der Waals surface area contributed by atoms with Crippen LogP contribution in [-0.2, 0) is 6.42 Å². The summed E-state index contributed by atoms with van der Waals surface area (Å²) in [5, 5.41) is 8.54. The molecule has 1 heterocycles. The molecule has 0 spiro atoms. The van der Waals surface area contributed by atoms with Gasteiger partial charge >= 0.3 is 0 Å². The Balaban J connectivity index is 2.20. The Kier molecular flexibility index (Phi) is 2.83. The number of aromatic amines is 1. The van der Waals surface area contributed by atoms with Crippen molar-refractivity contribution in [1.82, 2.24) is 9.97 Å². The van der Waals surface area contributed by atoms with Crippen LogP contribution >= 0.6 is 0 Å². The summed E-state index contributed by atoms with van der Waals surface area (Å²) in [6.07, 6.45) is 5.16. The van der Waals surface area contributed by atoms with E-state index in [0.717, 1.165) is 23.3 Å². The zero-order chi connectivity index (χ0) is 10.5. The maximum atomic E-state index is 8.54. The van der Waals surface area contributed by atoms with E-state index in [-0.39, 0.29) is 0 Å². The van der Waals surface area contributed by atoms with Crippen molar-refractivity contribution in [2.75, 3.05) is 0 Å². The number of hydrogen-bond donors (Lipinski definition) is 2. The molecule has 0 amide bonds. The minimum absolute atomic E-state index is 0.663. The second-order valence-electron chi connectivity index (χ2n) is 3.21. The van der Waals surface area contributed by atoms with E-state index in [1.807, 2.05) is 30.3 Å². The van der Waals surface area contributed by atoms with Gasteiger partial charge in [0.15, 0.2) is 0 Å². The van der Waals surface area contributed by atoms with Crippen molar-refractivity contribution in [3.63, 3.8) is 0 Å². The number of imidazole rings is 1. The van der Waals surface area contributed by atoms with Crippen LogP contribution in [0.15, 0.2) is 48.9 Å². The van der Waals surface area contributed by atoms with Crippen LogP contribution in [0.5, 0.6) is 0 Å². The molecular weight excluding hydrogens is 188 g/mol. The van der Waals surface area contributed by atoms with Crippen LogP contribution in [0.4, 0.5) is 0 Å². The SMILES string of the molecule is OC=CCc1cnc(-c2ccccc2)[nH]1. The van der Waals surface area contributed by atoms with Crippen molar-refractivity contribution in [2.45, 2.75) is 6.42 Å². The van der Waals surface area contributed by atoms with Gasteiger partial charge in [0.25, 0.3) is 0 Å². The topological polar surface area (TPSA) is 48.9 Å². The number of nitrogens with one attached hydrogen (secondary N) is 1. The zero-order valence-electron chi connectivity index (χ0n) is 8.22. The van der Waals surface area contributed by atoms with Gasteiger partial charge in [-0.1, -0.05) is 30.3 Å².